The topological polar surface area (TPSA) is 62.3 Å². The average Bonchev–Trinajstić information content (AvgIpc) is 3.03. The van der Waals surface area contributed by atoms with Crippen molar-refractivity contribution in [2.24, 2.45) is 0 Å². The summed E-state index contributed by atoms with van der Waals surface area (Å²) in [5, 5.41) is 9.43. The second-order valence-electron chi connectivity index (χ2n) is 5.32. The lowest BCUT2D eigenvalue weighted by atomic mass is 9.94. The number of fused-ring (bicyclic) bond motifs is 2. The molecule has 19 heavy (non-hydrogen) atoms. The van der Waals surface area contributed by atoms with E-state index in [1.807, 2.05) is 30.3 Å². The Morgan fingerprint density at radius 3 is 2.89 bits per heavy atom. The van der Waals surface area contributed by atoms with E-state index < -0.39 is 5.60 Å². The Bertz CT molecular complexity index is 519. The van der Waals surface area contributed by atoms with Crippen LogP contribution in [0.15, 0.2) is 30.3 Å². The van der Waals surface area contributed by atoms with Crippen LogP contribution in [0.5, 0.6) is 0 Å². The van der Waals surface area contributed by atoms with E-state index >= 15 is 0 Å². The quantitative estimate of drug-likeness (QED) is 0.785. The minimum atomic E-state index is -0.989. The van der Waals surface area contributed by atoms with Crippen LogP contribution in [0.2, 0.25) is 0 Å². The highest BCUT2D eigenvalue weighted by atomic mass is 16.6. The smallest absolute Gasteiger partial charge is 0.262 e. The molecule has 3 saturated heterocycles. The molecular weight excluding hydrogens is 246 g/mol. The van der Waals surface area contributed by atoms with Crippen molar-refractivity contribution in [3.8, 4) is 0 Å². The van der Waals surface area contributed by atoms with Gasteiger partial charge >= 0.3 is 0 Å². The molecule has 1 amide bonds. The third-order valence-corrected chi connectivity index (χ3v) is 4.34. The van der Waals surface area contributed by atoms with Crippen LogP contribution in [-0.2, 0) is 14.3 Å². The second kappa shape index (κ2) is 3.79. The van der Waals surface area contributed by atoms with Crippen molar-refractivity contribution in [3.63, 3.8) is 0 Å². The van der Waals surface area contributed by atoms with Crippen LogP contribution < -0.4 is 0 Å². The van der Waals surface area contributed by atoms with Crippen molar-refractivity contribution in [1.82, 2.24) is 4.90 Å². The molecule has 3 heterocycles. The van der Waals surface area contributed by atoms with Gasteiger partial charge in [-0.25, -0.2) is 0 Å². The molecule has 0 radical (unpaired) electrons. The summed E-state index contributed by atoms with van der Waals surface area (Å²) in [6.45, 7) is 0.260. The molecule has 0 saturated carbocycles. The Morgan fingerprint density at radius 1 is 1.37 bits per heavy atom. The van der Waals surface area contributed by atoms with Gasteiger partial charge in [0.05, 0.1) is 19.3 Å². The molecule has 0 spiro atoms. The van der Waals surface area contributed by atoms with E-state index in [9.17, 15) is 9.90 Å². The summed E-state index contributed by atoms with van der Waals surface area (Å²) in [5.41, 5.74) is 0.0718. The molecule has 5 nitrogen and oxygen atoms in total. The summed E-state index contributed by atoms with van der Waals surface area (Å²) in [4.78, 5) is 14.3. The number of epoxide rings is 1. The van der Waals surface area contributed by atoms with E-state index in [0.29, 0.717) is 13.0 Å². The van der Waals surface area contributed by atoms with Gasteiger partial charge < -0.3 is 19.5 Å². The number of ether oxygens (including phenoxy) is 2. The molecule has 1 N–H and O–H groups in total. The fourth-order valence-corrected chi connectivity index (χ4v) is 3.20. The molecule has 100 valence electrons. The van der Waals surface area contributed by atoms with E-state index in [1.54, 1.807) is 4.90 Å². The number of benzene rings is 1. The maximum atomic E-state index is 12.5. The van der Waals surface area contributed by atoms with Crippen LogP contribution in [0.4, 0.5) is 0 Å². The highest BCUT2D eigenvalue weighted by Gasteiger charge is 2.69. The molecule has 4 rings (SSSR count). The molecule has 4 atom stereocenters. The number of amides is 1. The van der Waals surface area contributed by atoms with Crippen molar-refractivity contribution in [2.75, 3.05) is 13.2 Å². The van der Waals surface area contributed by atoms with Crippen molar-refractivity contribution < 1.29 is 19.4 Å². The summed E-state index contributed by atoms with van der Waals surface area (Å²) >= 11 is 0. The first-order chi connectivity index (χ1) is 9.26. The summed E-state index contributed by atoms with van der Waals surface area (Å²) in [6.07, 6.45) is 0.251. The molecule has 0 bridgehead atoms. The minimum absolute atomic E-state index is 0.0766. The van der Waals surface area contributed by atoms with Crippen molar-refractivity contribution in [2.45, 2.75) is 30.4 Å². The average molecular weight is 261 g/mol. The van der Waals surface area contributed by atoms with Crippen molar-refractivity contribution in [3.05, 3.63) is 35.9 Å². The molecule has 0 aromatic heterocycles. The third kappa shape index (κ3) is 1.43. The molecule has 3 aliphatic rings. The number of hydrogen-bond acceptors (Lipinski definition) is 4. The van der Waals surface area contributed by atoms with Gasteiger partial charge in [0, 0.05) is 6.42 Å². The number of carbonyl (C=O) groups excluding carboxylic acids is 1. The lowest BCUT2D eigenvalue weighted by Crippen LogP contribution is -2.52. The van der Waals surface area contributed by atoms with Crippen LogP contribution in [-0.4, -0.2) is 47.1 Å². The molecule has 0 unspecified atom stereocenters. The second-order valence-corrected chi connectivity index (χ2v) is 5.32. The maximum absolute atomic E-state index is 12.5. The van der Waals surface area contributed by atoms with Crippen LogP contribution in [0.25, 0.3) is 0 Å². The minimum Gasteiger partial charge on any atom is -0.393 e. The Morgan fingerprint density at radius 2 is 2.16 bits per heavy atom. The third-order valence-electron chi connectivity index (χ3n) is 4.34. The van der Waals surface area contributed by atoms with Crippen LogP contribution in [0, 0.1) is 0 Å². The van der Waals surface area contributed by atoms with Crippen LogP contribution in [0.1, 0.15) is 18.0 Å². The van der Waals surface area contributed by atoms with Gasteiger partial charge in [-0.1, -0.05) is 30.3 Å². The molecular formula is C14H15NO4. The Balaban J connectivity index is 1.68. The number of piperidine rings is 1. The van der Waals surface area contributed by atoms with Gasteiger partial charge in [-0.2, -0.15) is 0 Å². The highest BCUT2D eigenvalue weighted by Crippen LogP contribution is 2.50. The maximum Gasteiger partial charge on any atom is 0.262 e. The van der Waals surface area contributed by atoms with Gasteiger partial charge in [0.15, 0.2) is 5.60 Å². The molecule has 1 aromatic carbocycles. The van der Waals surface area contributed by atoms with E-state index in [2.05, 4.69) is 0 Å². The largest absolute Gasteiger partial charge is 0.393 e. The Hall–Kier alpha value is -1.43. The van der Waals surface area contributed by atoms with E-state index in [-0.39, 0.29) is 30.9 Å². The lowest BCUT2D eigenvalue weighted by molar-refractivity contribution is -0.147. The first-order valence-corrected chi connectivity index (χ1v) is 6.54. The normalized spacial score (nSPS) is 39.9. The van der Waals surface area contributed by atoms with Gasteiger partial charge in [-0.05, 0) is 5.56 Å². The SMILES string of the molecule is O=C1N2[C@H](C[C@@H]3O[C@]13CO)OC[C@H]2c1ccccc1. The van der Waals surface area contributed by atoms with Crippen molar-refractivity contribution >= 4 is 5.91 Å². The zero-order valence-electron chi connectivity index (χ0n) is 10.4. The number of aliphatic hydroxyl groups excluding tert-OH is 1. The number of rotatable bonds is 2. The van der Waals surface area contributed by atoms with E-state index in [4.69, 9.17) is 9.47 Å². The molecule has 3 aliphatic heterocycles. The zero-order valence-corrected chi connectivity index (χ0v) is 10.4. The predicted octanol–water partition coefficient (Wildman–Crippen LogP) is 0.446. The lowest BCUT2D eigenvalue weighted by Gasteiger charge is -2.33. The zero-order chi connectivity index (χ0) is 13.0. The van der Waals surface area contributed by atoms with Crippen molar-refractivity contribution in [1.29, 1.82) is 0 Å². The van der Waals surface area contributed by atoms with E-state index in [1.165, 1.54) is 0 Å². The van der Waals surface area contributed by atoms with E-state index in [0.717, 1.165) is 5.56 Å². The summed E-state index contributed by atoms with van der Waals surface area (Å²) < 4.78 is 11.2. The van der Waals surface area contributed by atoms with Gasteiger partial charge in [0.1, 0.15) is 12.3 Å². The van der Waals surface area contributed by atoms with Gasteiger partial charge in [-0.3, -0.25) is 4.79 Å². The molecule has 0 aliphatic carbocycles. The molecule has 3 fully saturated rings. The monoisotopic (exact) mass is 261 g/mol. The first kappa shape index (κ1) is 11.4. The van der Waals surface area contributed by atoms with Gasteiger partial charge in [0.25, 0.3) is 5.91 Å². The van der Waals surface area contributed by atoms with Crippen LogP contribution >= 0.6 is 0 Å². The van der Waals surface area contributed by atoms with Gasteiger partial charge in [-0.15, -0.1) is 0 Å². The fraction of sp³-hybridized carbons (Fsp3) is 0.500. The Kier molecular flexibility index (Phi) is 2.27. The summed E-state index contributed by atoms with van der Waals surface area (Å²) in [5.74, 6) is -0.136. The predicted molar refractivity (Wildman–Crippen MR) is 65.1 cm³/mol. The number of aliphatic hydroxyl groups is 1. The fourth-order valence-electron chi connectivity index (χ4n) is 3.20. The van der Waals surface area contributed by atoms with Gasteiger partial charge in [0.2, 0.25) is 0 Å². The molecule has 5 heteroatoms. The molecule has 1 aromatic rings. The summed E-state index contributed by atoms with van der Waals surface area (Å²) in [7, 11) is 0. The van der Waals surface area contributed by atoms with Crippen LogP contribution in [0.3, 0.4) is 0 Å². The number of carbonyl (C=O) groups is 1. The number of hydrogen-bond donors (Lipinski definition) is 1. The standard InChI is InChI=1S/C14H15NO4/c16-8-14-11(19-14)6-12-15(13(14)17)10(7-18-12)9-4-2-1-3-5-9/h1-5,10-12,16H,6-8H2/t10-,11-,12-,14-/m0/s1. The first-order valence-electron chi connectivity index (χ1n) is 6.54. The Labute approximate surface area is 110 Å². The summed E-state index contributed by atoms with van der Waals surface area (Å²) in [6, 6.07) is 9.77. The number of nitrogens with zero attached hydrogens (tertiary/aromatic N) is 1. The highest BCUT2D eigenvalue weighted by molar-refractivity contribution is 5.90.